The Labute approximate surface area is 183 Å². The second-order valence-corrected chi connectivity index (χ2v) is 7.91. The van der Waals surface area contributed by atoms with Gasteiger partial charge >= 0.3 is 0 Å². The van der Waals surface area contributed by atoms with Crippen molar-refractivity contribution in [2.75, 3.05) is 37.6 Å². The second-order valence-electron chi connectivity index (χ2n) is 7.53. The molecule has 0 bridgehead atoms. The van der Waals surface area contributed by atoms with E-state index in [4.69, 9.17) is 17.0 Å². The number of thiocarbonyl (C=S) groups is 1. The smallest absolute Gasteiger partial charge is 0.174 e. The van der Waals surface area contributed by atoms with Crippen LogP contribution in [0.2, 0.25) is 0 Å². The Bertz CT molecular complexity index is 986. The van der Waals surface area contributed by atoms with E-state index in [1.54, 1.807) is 7.11 Å². The molecule has 1 N–H and O–H groups in total. The van der Waals surface area contributed by atoms with Crippen LogP contribution in [0.1, 0.15) is 23.5 Å². The fraction of sp³-hybridized carbons (Fsp3) is 0.304. The summed E-state index contributed by atoms with van der Waals surface area (Å²) < 4.78 is 7.56. The minimum absolute atomic E-state index is 0.0236. The van der Waals surface area contributed by atoms with Gasteiger partial charge in [-0.3, -0.25) is 4.98 Å². The van der Waals surface area contributed by atoms with Crippen molar-refractivity contribution < 1.29 is 4.74 Å². The van der Waals surface area contributed by atoms with Crippen LogP contribution < -0.4 is 15.1 Å². The first-order chi connectivity index (χ1) is 14.6. The van der Waals surface area contributed by atoms with Crippen molar-refractivity contribution >= 4 is 28.7 Å². The molecule has 6 nitrogen and oxygen atoms in total. The lowest BCUT2D eigenvalue weighted by Crippen LogP contribution is -2.30. The maximum absolute atomic E-state index is 5.81. The van der Waals surface area contributed by atoms with Crippen molar-refractivity contribution in [3.63, 3.8) is 0 Å². The summed E-state index contributed by atoms with van der Waals surface area (Å²) in [5, 5.41) is 4.22. The van der Waals surface area contributed by atoms with E-state index in [1.807, 2.05) is 38.5 Å². The van der Waals surface area contributed by atoms with Crippen LogP contribution >= 0.6 is 12.2 Å². The van der Waals surface area contributed by atoms with Gasteiger partial charge in [-0.15, -0.1) is 0 Å². The lowest BCUT2D eigenvalue weighted by atomic mass is 10.0. The zero-order valence-corrected chi connectivity index (χ0v) is 18.3. The normalized spacial score (nSPS) is 18.5. The quantitative estimate of drug-likeness (QED) is 0.586. The van der Waals surface area contributed by atoms with Gasteiger partial charge in [0.25, 0.3) is 0 Å². The fourth-order valence-corrected chi connectivity index (χ4v) is 4.28. The van der Waals surface area contributed by atoms with Gasteiger partial charge in [-0.2, -0.15) is 0 Å². The highest BCUT2D eigenvalue weighted by atomic mass is 32.1. The van der Waals surface area contributed by atoms with Gasteiger partial charge < -0.3 is 24.4 Å². The van der Waals surface area contributed by atoms with E-state index in [2.05, 4.69) is 67.3 Å². The molecule has 1 aliphatic heterocycles. The van der Waals surface area contributed by atoms with Gasteiger partial charge in [0.15, 0.2) is 5.11 Å². The molecule has 1 aliphatic rings. The molecule has 1 saturated heterocycles. The summed E-state index contributed by atoms with van der Waals surface area (Å²) in [5.41, 5.74) is 4.35. The Morgan fingerprint density at radius 1 is 1.10 bits per heavy atom. The van der Waals surface area contributed by atoms with Crippen molar-refractivity contribution in [3.05, 3.63) is 78.4 Å². The number of anilines is 2. The predicted molar refractivity (Wildman–Crippen MR) is 125 cm³/mol. The summed E-state index contributed by atoms with van der Waals surface area (Å²) in [6.07, 6.45) is 3.92. The third-order valence-corrected chi connectivity index (χ3v) is 5.76. The van der Waals surface area contributed by atoms with E-state index in [0.29, 0.717) is 11.7 Å². The minimum Gasteiger partial charge on any atom is -0.383 e. The van der Waals surface area contributed by atoms with Crippen LogP contribution in [0.15, 0.2) is 67.0 Å². The van der Waals surface area contributed by atoms with Crippen LogP contribution in [0, 0.1) is 0 Å². The van der Waals surface area contributed by atoms with E-state index in [0.717, 1.165) is 23.6 Å². The molecule has 2 atom stereocenters. The molecular weight excluding hydrogens is 394 g/mol. The standard InChI is InChI=1S/C23H27N5OS/c1-26(2)17-9-11-18(12-10-17)28-22(20-8-6-14-27(20)15-16-29-3)21(25-23(28)30)19-7-4-5-13-24-19/h4-14,21-22H,15-16H2,1-3H3,(H,25,30)/t21-,22+/m1/s1. The third-order valence-electron chi connectivity index (χ3n) is 5.45. The van der Waals surface area contributed by atoms with E-state index < -0.39 is 0 Å². The zero-order chi connectivity index (χ0) is 21.1. The highest BCUT2D eigenvalue weighted by molar-refractivity contribution is 7.80. The SMILES string of the molecule is COCCn1cccc1[C@H]1[C@@H](c2ccccn2)NC(=S)N1c1ccc(N(C)C)cc1. The molecule has 4 rings (SSSR count). The summed E-state index contributed by atoms with van der Waals surface area (Å²) in [7, 11) is 5.81. The van der Waals surface area contributed by atoms with Gasteiger partial charge in [-0.25, -0.2) is 0 Å². The Hall–Kier alpha value is -2.90. The number of nitrogens with one attached hydrogen (secondary N) is 1. The van der Waals surface area contributed by atoms with Gasteiger partial charge in [0.2, 0.25) is 0 Å². The first-order valence-corrected chi connectivity index (χ1v) is 10.4. The lowest BCUT2D eigenvalue weighted by molar-refractivity contribution is 0.186. The average molecular weight is 422 g/mol. The number of nitrogens with zero attached hydrogens (tertiary/aromatic N) is 4. The lowest BCUT2D eigenvalue weighted by Gasteiger charge is -2.29. The largest absolute Gasteiger partial charge is 0.383 e. The second kappa shape index (κ2) is 8.85. The predicted octanol–water partition coefficient (Wildman–Crippen LogP) is 3.77. The number of benzene rings is 1. The van der Waals surface area contributed by atoms with Gasteiger partial charge in [0, 0.05) is 57.2 Å². The number of ether oxygens (including phenoxy) is 1. The summed E-state index contributed by atoms with van der Waals surface area (Å²) in [4.78, 5) is 8.92. The molecule has 3 heterocycles. The van der Waals surface area contributed by atoms with Crippen LogP contribution in [-0.2, 0) is 11.3 Å². The Morgan fingerprint density at radius 2 is 1.90 bits per heavy atom. The van der Waals surface area contributed by atoms with Gasteiger partial charge in [0.05, 0.1) is 18.3 Å². The van der Waals surface area contributed by atoms with Crippen LogP contribution in [0.4, 0.5) is 11.4 Å². The summed E-state index contributed by atoms with van der Waals surface area (Å²) in [5.74, 6) is 0. The molecule has 0 spiro atoms. The van der Waals surface area contributed by atoms with Gasteiger partial charge in [0.1, 0.15) is 6.04 Å². The Morgan fingerprint density at radius 3 is 2.57 bits per heavy atom. The van der Waals surface area contributed by atoms with Crippen LogP contribution in [0.3, 0.4) is 0 Å². The molecule has 0 saturated carbocycles. The van der Waals surface area contributed by atoms with Crippen LogP contribution in [0.5, 0.6) is 0 Å². The number of methoxy groups -OCH3 is 1. The molecule has 156 valence electrons. The summed E-state index contributed by atoms with van der Waals surface area (Å²) in [6.45, 7) is 1.43. The van der Waals surface area contributed by atoms with Crippen LogP contribution in [-0.4, -0.2) is 42.5 Å². The number of rotatable bonds is 7. The number of aromatic nitrogens is 2. The van der Waals surface area contributed by atoms with E-state index in [1.165, 1.54) is 5.69 Å². The first-order valence-electron chi connectivity index (χ1n) is 10.0. The third kappa shape index (κ3) is 3.91. The molecular formula is C23H27N5OS. The number of hydrogen-bond acceptors (Lipinski definition) is 4. The van der Waals surface area contributed by atoms with E-state index in [9.17, 15) is 0 Å². The molecule has 7 heteroatoms. The summed E-state index contributed by atoms with van der Waals surface area (Å²) >= 11 is 5.81. The monoisotopic (exact) mass is 421 g/mol. The Kier molecular flexibility index (Phi) is 6.01. The zero-order valence-electron chi connectivity index (χ0n) is 17.5. The molecule has 0 aliphatic carbocycles. The van der Waals surface area contributed by atoms with Crippen LogP contribution in [0.25, 0.3) is 0 Å². The molecule has 0 amide bonds. The molecule has 3 aromatic rings. The van der Waals surface area contributed by atoms with Crippen molar-refractivity contribution in [1.29, 1.82) is 0 Å². The van der Waals surface area contributed by atoms with Gasteiger partial charge in [-0.1, -0.05) is 6.07 Å². The fourth-order valence-electron chi connectivity index (χ4n) is 3.93. The first kappa shape index (κ1) is 20.4. The average Bonchev–Trinajstić information content (AvgIpc) is 3.36. The maximum Gasteiger partial charge on any atom is 0.174 e. The molecule has 1 aromatic carbocycles. The maximum atomic E-state index is 5.81. The number of pyridine rings is 1. The Balaban J connectivity index is 1.78. The van der Waals surface area contributed by atoms with Crippen molar-refractivity contribution in [2.24, 2.45) is 0 Å². The van der Waals surface area contributed by atoms with E-state index >= 15 is 0 Å². The molecule has 0 unspecified atom stereocenters. The molecule has 1 fully saturated rings. The van der Waals surface area contributed by atoms with Crippen molar-refractivity contribution in [2.45, 2.75) is 18.6 Å². The highest BCUT2D eigenvalue weighted by Crippen LogP contribution is 2.41. The molecule has 2 aromatic heterocycles. The van der Waals surface area contributed by atoms with Crippen molar-refractivity contribution in [3.8, 4) is 0 Å². The minimum atomic E-state index is -0.0524. The highest BCUT2D eigenvalue weighted by Gasteiger charge is 2.41. The van der Waals surface area contributed by atoms with Crippen molar-refractivity contribution in [1.82, 2.24) is 14.9 Å². The summed E-state index contributed by atoms with van der Waals surface area (Å²) in [6, 6.07) is 18.6. The molecule has 0 radical (unpaired) electrons. The van der Waals surface area contributed by atoms with Gasteiger partial charge in [-0.05, 0) is 60.7 Å². The topological polar surface area (TPSA) is 45.6 Å². The number of hydrogen-bond donors (Lipinski definition) is 1. The van der Waals surface area contributed by atoms with E-state index in [-0.39, 0.29) is 12.1 Å². The molecule has 30 heavy (non-hydrogen) atoms.